The molecular weight excluding hydrogens is 294 g/mol. The van der Waals surface area contributed by atoms with E-state index in [0.717, 1.165) is 4.57 Å². The minimum atomic E-state index is -1.21. The second-order valence-electron chi connectivity index (χ2n) is 4.73. The Morgan fingerprint density at radius 3 is 2.82 bits per heavy atom. The molecule has 22 heavy (non-hydrogen) atoms. The van der Waals surface area contributed by atoms with E-state index < -0.39 is 36.5 Å². The number of nitrogens with zero attached hydrogens (tertiary/aromatic N) is 2. The largest absolute Gasteiger partial charge is 0.481 e. The first-order chi connectivity index (χ1) is 10.4. The summed E-state index contributed by atoms with van der Waals surface area (Å²) in [4.78, 5) is 37.0. The van der Waals surface area contributed by atoms with E-state index in [1.165, 1.54) is 31.3 Å². The van der Waals surface area contributed by atoms with Gasteiger partial charge in [-0.1, -0.05) is 6.08 Å². The quantitative estimate of drug-likeness (QED) is 0.624. The van der Waals surface area contributed by atoms with Crippen LogP contribution in [0.5, 0.6) is 0 Å². The Morgan fingerprint density at radius 2 is 2.23 bits per heavy atom. The lowest BCUT2D eigenvalue weighted by molar-refractivity contribution is -0.142. The molecule has 118 valence electrons. The van der Waals surface area contributed by atoms with Gasteiger partial charge in [0, 0.05) is 13.1 Å². The lowest BCUT2D eigenvalue weighted by atomic mass is 10.1. The average Bonchev–Trinajstić information content (AvgIpc) is 2.86. The molecule has 0 aromatic carbocycles. The van der Waals surface area contributed by atoms with Gasteiger partial charge in [0.15, 0.2) is 6.23 Å². The molecule has 9 nitrogen and oxygen atoms in total. The third kappa shape index (κ3) is 3.77. The maximum Gasteiger partial charge on any atom is 0.351 e. The second kappa shape index (κ2) is 6.50. The number of hydrogen-bond acceptors (Lipinski definition) is 6. The zero-order valence-corrected chi connectivity index (χ0v) is 11.7. The van der Waals surface area contributed by atoms with Gasteiger partial charge in [-0.25, -0.2) is 4.79 Å². The minimum absolute atomic E-state index is 0.123. The molecule has 9 heteroatoms. The first-order valence-corrected chi connectivity index (χ1v) is 6.47. The number of carbonyl (C=O) groups excluding carboxylic acids is 1. The van der Waals surface area contributed by atoms with E-state index in [9.17, 15) is 19.5 Å². The number of aliphatic hydroxyl groups excluding tert-OH is 1. The Labute approximate surface area is 124 Å². The van der Waals surface area contributed by atoms with Crippen LogP contribution in [0.2, 0.25) is 0 Å². The van der Waals surface area contributed by atoms with Crippen molar-refractivity contribution in [3.63, 3.8) is 0 Å². The van der Waals surface area contributed by atoms with Crippen LogP contribution < -0.4 is 11.0 Å². The number of aromatic nitrogens is 2. The summed E-state index contributed by atoms with van der Waals surface area (Å²) in [6.45, 7) is 1.30. The van der Waals surface area contributed by atoms with Crippen LogP contribution >= 0.6 is 0 Å². The highest BCUT2D eigenvalue weighted by atomic mass is 16.5. The second-order valence-corrected chi connectivity index (χ2v) is 4.73. The molecule has 1 aromatic heterocycles. The van der Waals surface area contributed by atoms with Crippen LogP contribution in [0.1, 0.15) is 19.6 Å². The number of hydrogen-bond donors (Lipinski definition) is 3. The van der Waals surface area contributed by atoms with Gasteiger partial charge in [0.2, 0.25) is 5.91 Å². The number of ether oxygens (including phenoxy) is 1. The number of rotatable bonds is 5. The smallest absolute Gasteiger partial charge is 0.351 e. The van der Waals surface area contributed by atoms with E-state index in [-0.39, 0.29) is 11.7 Å². The molecule has 0 saturated carbocycles. The lowest BCUT2D eigenvalue weighted by Gasteiger charge is -2.19. The maximum absolute atomic E-state index is 11.9. The van der Waals surface area contributed by atoms with Crippen molar-refractivity contribution >= 4 is 17.7 Å². The van der Waals surface area contributed by atoms with Gasteiger partial charge in [-0.3, -0.25) is 14.2 Å². The molecule has 1 unspecified atom stereocenters. The molecule has 0 aliphatic carbocycles. The molecule has 1 aromatic rings. The van der Waals surface area contributed by atoms with Crippen LogP contribution in [0.4, 0.5) is 5.82 Å². The van der Waals surface area contributed by atoms with Crippen LogP contribution in [0.15, 0.2) is 29.2 Å². The molecule has 1 aliphatic heterocycles. The summed E-state index contributed by atoms with van der Waals surface area (Å²) in [5.41, 5.74) is -0.644. The van der Waals surface area contributed by atoms with Crippen LogP contribution in [-0.2, 0) is 14.3 Å². The van der Waals surface area contributed by atoms with Crippen molar-refractivity contribution in [3.8, 4) is 0 Å². The van der Waals surface area contributed by atoms with Gasteiger partial charge in [-0.05, 0) is 12.1 Å². The van der Waals surface area contributed by atoms with Crippen molar-refractivity contribution in [2.45, 2.75) is 31.8 Å². The number of aliphatic hydroxyl groups is 1. The van der Waals surface area contributed by atoms with Crippen LogP contribution in [0.25, 0.3) is 0 Å². The van der Waals surface area contributed by atoms with Crippen LogP contribution in [-0.4, -0.2) is 43.8 Å². The van der Waals surface area contributed by atoms with E-state index >= 15 is 0 Å². The molecule has 3 atom stereocenters. The molecule has 0 saturated heterocycles. The molecule has 1 amide bonds. The Bertz CT molecular complexity index is 668. The molecule has 2 rings (SSSR count). The topological polar surface area (TPSA) is 131 Å². The normalized spacial score (nSPS) is 21.5. The zero-order valence-electron chi connectivity index (χ0n) is 11.7. The van der Waals surface area contributed by atoms with Crippen molar-refractivity contribution in [2.75, 3.05) is 5.32 Å². The first kappa shape index (κ1) is 15.9. The maximum atomic E-state index is 11.9. The number of anilines is 1. The standard InChI is InChI=1S/C13H15N3O6/c1-7(17)14-10-4-5-16(13(21)15-10)11-3-2-9(22-11)8(18)6-12(19)20/h2-5,8-9,11,18H,6H2,1H3,(H,19,20)(H,14,15,17,21)/t8?,9-,11+/m0/s1. The van der Waals surface area contributed by atoms with E-state index in [1.807, 2.05) is 0 Å². The van der Waals surface area contributed by atoms with Gasteiger partial charge in [0.1, 0.15) is 11.9 Å². The summed E-state index contributed by atoms with van der Waals surface area (Å²) in [7, 11) is 0. The molecular formula is C13H15N3O6. The summed E-state index contributed by atoms with van der Waals surface area (Å²) < 4.78 is 6.59. The fraction of sp³-hybridized carbons (Fsp3) is 0.385. The van der Waals surface area contributed by atoms with Gasteiger partial charge in [-0.15, -0.1) is 0 Å². The minimum Gasteiger partial charge on any atom is -0.481 e. The molecule has 1 aliphatic rings. The van der Waals surface area contributed by atoms with Crippen molar-refractivity contribution < 1.29 is 24.5 Å². The van der Waals surface area contributed by atoms with E-state index in [0.29, 0.717) is 0 Å². The first-order valence-electron chi connectivity index (χ1n) is 6.47. The molecule has 0 bridgehead atoms. The number of carboxylic acids is 1. The van der Waals surface area contributed by atoms with Crippen LogP contribution in [0.3, 0.4) is 0 Å². The van der Waals surface area contributed by atoms with Crippen molar-refractivity contribution in [3.05, 3.63) is 34.9 Å². The van der Waals surface area contributed by atoms with E-state index in [4.69, 9.17) is 9.84 Å². The number of carboxylic acid groups (broad SMARTS) is 1. The van der Waals surface area contributed by atoms with E-state index in [1.54, 1.807) is 0 Å². The molecule has 0 spiro atoms. The van der Waals surface area contributed by atoms with Gasteiger partial charge in [-0.2, -0.15) is 4.98 Å². The Kier molecular flexibility index (Phi) is 4.68. The van der Waals surface area contributed by atoms with Gasteiger partial charge < -0.3 is 20.3 Å². The van der Waals surface area contributed by atoms with Crippen molar-refractivity contribution in [2.24, 2.45) is 0 Å². The number of carbonyl (C=O) groups is 2. The molecule has 3 N–H and O–H groups in total. The summed E-state index contributed by atoms with van der Waals surface area (Å²) in [5, 5.41) is 20.7. The Morgan fingerprint density at radius 1 is 1.50 bits per heavy atom. The fourth-order valence-corrected chi connectivity index (χ4v) is 1.98. The Balaban J connectivity index is 2.08. The summed E-state index contributed by atoms with van der Waals surface area (Å²) >= 11 is 0. The third-order valence-corrected chi connectivity index (χ3v) is 2.93. The molecule has 0 fully saturated rings. The van der Waals surface area contributed by atoms with E-state index in [2.05, 4.69) is 10.3 Å². The van der Waals surface area contributed by atoms with Gasteiger partial charge >= 0.3 is 11.7 Å². The van der Waals surface area contributed by atoms with Crippen LogP contribution in [0, 0.1) is 0 Å². The molecule has 2 heterocycles. The lowest BCUT2D eigenvalue weighted by Crippen LogP contribution is -2.32. The van der Waals surface area contributed by atoms with Crippen molar-refractivity contribution in [1.82, 2.24) is 9.55 Å². The monoisotopic (exact) mass is 309 g/mol. The average molecular weight is 309 g/mol. The summed E-state index contributed by atoms with van der Waals surface area (Å²) in [6.07, 6.45) is 1.13. The SMILES string of the molecule is CC(=O)Nc1ccn([C@H]2C=C[C@@H](C(O)CC(=O)O)O2)c(=O)n1. The predicted octanol–water partition coefficient (Wildman–Crippen LogP) is -0.509. The number of nitrogens with one attached hydrogen (secondary N) is 1. The highest BCUT2D eigenvalue weighted by Crippen LogP contribution is 2.23. The number of aliphatic carboxylic acids is 1. The number of amides is 1. The molecule has 0 radical (unpaired) electrons. The highest BCUT2D eigenvalue weighted by molar-refractivity contribution is 5.87. The fourth-order valence-electron chi connectivity index (χ4n) is 1.98. The third-order valence-electron chi connectivity index (χ3n) is 2.93. The highest BCUT2D eigenvalue weighted by Gasteiger charge is 2.28. The summed E-state index contributed by atoms with van der Waals surface area (Å²) in [5.74, 6) is -1.37. The van der Waals surface area contributed by atoms with Gasteiger partial charge in [0.05, 0.1) is 12.5 Å². The van der Waals surface area contributed by atoms with Crippen molar-refractivity contribution in [1.29, 1.82) is 0 Å². The summed E-state index contributed by atoms with van der Waals surface area (Å²) in [6, 6.07) is 1.43. The zero-order chi connectivity index (χ0) is 16.3. The predicted molar refractivity (Wildman–Crippen MR) is 74.1 cm³/mol. The van der Waals surface area contributed by atoms with Gasteiger partial charge in [0.25, 0.3) is 0 Å². The Hall–Kier alpha value is -2.52.